The van der Waals surface area contributed by atoms with E-state index in [0.29, 0.717) is 10.7 Å². The van der Waals surface area contributed by atoms with Crippen LogP contribution in [0.4, 0.5) is 0 Å². The van der Waals surface area contributed by atoms with E-state index in [0.717, 1.165) is 5.56 Å². The smallest absolute Gasteiger partial charge is 0.0868 e. The molecular formula is C14H18ClNO. The summed E-state index contributed by atoms with van der Waals surface area (Å²) in [5, 5.41) is 9.37. The highest BCUT2D eigenvalue weighted by Gasteiger charge is 2.35. The van der Waals surface area contributed by atoms with Gasteiger partial charge in [0.15, 0.2) is 0 Å². The van der Waals surface area contributed by atoms with Crippen LogP contribution in [-0.2, 0) is 6.61 Å². The number of pyridine rings is 1. The average Bonchev–Trinajstić information content (AvgIpc) is 3.08. The molecule has 3 heteroatoms. The lowest BCUT2D eigenvalue weighted by molar-refractivity contribution is 0.277. The van der Waals surface area contributed by atoms with Crippen LogP contribution in [0.25, 0.3) is 0 Å². The lowest BCUT2D eigenvalue weighted by Crippen LogP contribution is -1.92. The number of nitrogens with zero attached hydrogens (tertiary/aromatic N) is 1. The van der Waals surface area contributed by atoms with Crippen LogP contribution in [0, 0.1) is 17.3 Å². The summed E-state index contributed by atoms with van der Waals surface area (Å²) in [5.74, 6) is 6.26. The Hall–Kier alpha value is -1.04. The van der Waals surface area contributed by atoms with Crippen molar-refractivity contribution in [1.29, 1.82) is 0 Å². The monoisotopic (exact) mass is 251 g/mol. The van der Waals surface area contributed by atoms with Gasteiger partial charge in [-0.2, -0.15) is 0 Å². The van der Waals surface area contributed by atoms with Crippen LogP contribution in [-0.4, -0.2) is 10.1 Å². The highest BCUT2D eigenvalue weighted by molar-refractivity contribution is 6.31. The minimum absolute atomic E-state index is 0.135. The number of aliphatic hydroxyl groups is 1. The molecule has 2 nitrogen and oxygen atoms in total. The van der Waals surface area contributed by atoms with Crippen molar-refractivity contribution >= 4 is 11.6 Å². The zero-order chi connectivity index (χ0) is 12.9. The molecular weight excluding hydrogens is 234 g/mol. The molecule has 0 spiro atoms. The van der Waals surface area contributed by atoms with E-state index in [1.54, 1.807) is 12.3 Å². The van der Waals surface area contributed by atoms with Crippen molar-refractivity contribution in [1.82, 2.24) is 4.98 Å². The predicted molar refractivity (Wildman–Crippen MR) is 70.7 cm³/mol. The molecule has 92 valence electrons. The Balaban J connectivity index is 0.000000686. The molecule has 1 aromatic heterocycles. The van der Waals surface area contributed by atoms with Crippen LogP contribution in [0.1, 0.15) is 44.9 Å². The summed E-state index contributed by atoms with van der Waals surface area (Å²) in [6, 6.07) is 1.75. The maximum atomic E-state index is 8.90. The molecule has 0 radical (unpaired) electrons. The third-order valence-corrected chi connectivity index (χ3v) is 2.90. The Morgan fingerprint density at radius 3 is 2.59 bits per heavy atom. The van der Waals surface area contributed by atoms with Gasteiger partial charge in [0.05, 0.1) is 17.3 Å². The summed E-state index contributed by atoms with van der Waals surface area (Å²) in [6.07, 6.45) is 4.00. The molecule has 0 amide bonds. The fraction of sp³-hybridized carbons (Fsp3) is 0.500. The van der Waals surface area contributed by atoms with Gasteiger partial charge in [-0.05, 0) is 25.8 Å². The molecule has 0 aliphatic heterocycles. The van der Waals surface area contributed by atoms with E-state index in [-0.39, 0.29) is 12.0 Å². The highest BCUT2D eigenvalue weighted by atomic mass is 35.5. The summed E-state index contributed by atoms with van der Waals surface area (Å²) in [4.78, 5) is 4.03. The highest BCUT2D eigenvalue weighted by Crippen LogP contribution is 2.44. The van der Waals surface area contributed by atoms with Gasteiger partial charge in [0, 0.05) is 17.2 Å². The summed E-state index contributed by atoms with van der Waals surface area (Å²) in [6.45, 7) is 6.02. The maximum Gasteiger partial charge on any atom is 0.0868 e. The van der Waals surface area contributed by atoms with Gasteiger partial charge < -0.3 is 5.11 Å². The summed E-state index contributed by atoms with van der Waals surface area (Å²) in [7, 11) is 0. The van der Waals surface area contributed by atoms with E-state index >= 15 is 0 Å². The fourth-order valence-electron chi connectivity index (χ4n) is 1.19. The van der Waals surface area contributed by atoms with E-state index in [1.165, 1.54) is 12.8 Å². The second kappa shape index (κ2) is 6.05. The van der Waals surface area contributed by atoms with Crippen LogP contribution in [0.5, 0.6) is 0 Å². The molecule has 0 atom stereocenters. The first-order valence-corrected chi connectivity index (χ1v) is 6.29. The minimum atomic E-state index is -0.135. The third-order valence-electron chi connectivity index (χ3n) is 2.58. The molecule has 2 rings (SSSR count). The second-order valence-corrected chi connectivity index (χ2v) is 4.53. The number of hydrogen-bond acceptors (Lipinski definition) is 2. The van der Waals surface area contributed by atoms with Gasteiger partial charge in [0.1, 0.15) is 0 Å². The SMILES string of the molecule is CC.CC1(C#Cc2cnc(CO)c(Cl)c2)CC1. The molecule has 1 fully saturated rings. The topological polar surface area (TPSA) is 33.1 Å². The molecule has 1 aliphatic rings. The lowest BCUT2D eigenvalue weighted by atomic mass is 10.1. The van der Waals surface area contributed by atoms with Crippen molar-refractivity contribution in [2.75, 3.05) is 0 Å². The number of aliphatic hydroxyl groups excluding tert-OH is 1. The van der Waals surface area contributed by atoms with Crippen molar-refractivity contribution in [3.63, 3.8) is 0 Å². The van der Waals surface area contributed by atoms with E-state index in [1.807, 2.05) is 13.8 Å². The van der Waals surface area contributed by atoms with Gasteiger partial charge in [-0.3, -0.25) is 4.98 Å². The maximum absolute atomic E-state index is 8.90. The average molecular weight is 252 g/mol. The summed E-state index contributed by atoms with van der Waals surface area (Å²) < 4.78 is 0. The normalized spacial score (nSPS) is 15.1. The van der Waals surface area contributed by atoms with Crippen molar-refractivity contribution in [2.45, 2.75) is 40.2 Å². The summed E-state index contributed by atoms with van der Waals surface area (Å²) in [5.41, 5.74) is 1.52. The van der Waals surface area contributed by atoms with Gasteiger partial charge in [-0.15, -0.1) is 0 Å². The molecule has 0 bridgehead atoms. The lowest BCUT2D eigenvalue weighted by Gasteiger charge is -1.99. The van der Waals surface area contributed by atoms with Crippen LogP contribution in [0.15, 0.2) is 12.3 Å². The van der Waals surface area contributed by atoms with E-state index in [2.05, 4.69) is 23.7 Å². The van der Waals surface area contributed by atoms with Crippen molar-refractivity contribution in [2.24, 2.45) is 5.41 Å². The molecule has 0 unspecified atom stereocenters. The predicted octanol–water partition coefficient (Wildman–Crippen LogP) is 3.41. The van der Waals surface area contributed by atoms with Crippen molar-refractivity contribution < 1.29 is 5.11 Å². The second-order valence-electron chi connectivity index (χ2n) is 4.12. The van der Waals surface area contributed by atoms with Crippen LogP contribution in [0.2, 0.25) is 5.02 Å². The van der Waals surface area contributed by atoms with Crippen molar-refractivity contribution in [3.05, 3.63) is 28.5 Å². The van der Waals surface area contributed by atoms with Gasteiger partial charge in [-0.1, -0.05) is 37.3 Å². The molecule has 1 aliphatic carbocycles. The summed E-state index contributed by atoms with van der Waals surface area (Å²) >= 11 is 5.90. The molecule has 1 N–H and O–H groups in total. The molecule has 0 saturated heterocycles. The van der Waals surface area contributed by atoms with Gasteiger partial charge in [0.25, 0.3) is 0 Å². The first-order chi connectivity index (χ1) is 8.13. The van der Waals surface area contributed by atoms with Crippen molar-refractivity contribution in [3.8, 4) is 11.8 Å². The third kappa shape index (κ3) is 4.03. The van der Waals surface area contributed by atoms with Crippen LogP contribution < -0.4 is 0 Å². The Kier molecular flexibility index (Phi) is 4.99. The number of rotatable bonds is 1. The largest absolute Gasteiger partial charge is 0.390 e. The number of halogens is 1. The van der Waals surface area contributed by atoms with Gasteiger partial charge >= 0.3 is 0 Å². The Labute approximate surface area is 108 Å². The zero-order valence-corrected chi connectivity index (χ0v) is 11.3. The van der Waals surface area contributed by atoms with E-state index in [9.17, 15) is 0 Å². The zero-order valence-electron chi connectivity index (χ0n) is 10.5. The van der Waals surface area contributed by atoms with Crippen LogP contribution >= 0.6 is 11.6 Å². The number of hydrogen-bond donors (Lipinski definition) is 1. The molecule has 1 heterocycles. The first kappa shape index (κ1) is 14.0. The van der Waals surface area contributed by atoms with Gasteiger partial charge in [-0.25, -0.2) is 0 Å². The van der Waals surface area contributed by atoms with E-state index < -0.39 is 0 Å². The number of aromatic nitrogens is 1. The van der Waals surface area contributed by atoms with Gasteiger partial charge in [0.2, 0.25) is 0 Å². The minimum Gasteiger partial charge on any atom is -0.390 e. The van der Waals surface area contributed by atoms with Crippen LogP contribution in [0.3, 0.4) is 0 Å². The Morgan fingerprint density at radius 2 is 2.12 bits per heavy atom. The molecule has 1 saturated carbocycles. The first-order valence-electron chi connectivity index (χ1n) is 5.91. The molecule has 17 heavy (non-hydrogen) atoms. The Bertz CT molecular complexity index is 441. The Morgan fingerprint density at radius 1 is 1.47 bits per heavy atom. The quantitative estimate of drug-likeness (QED) is 0.776. The molecule has 0 aromatic carbocycles. The standard InChI is InChI=1S/C12H12ClNO.C2H6/c1-12(4-5-12)3-2-9-6-10(13)11(8-15)14-7-9;1-2/h6-7,15H,4-5,8H2,1H3;1-2H3. The van der Waals surface area contributed by atoms with E-state index in [4.69, 9.17) is 16.7 Å². The fourth-order valence-corrected chi connectivity index (χ4v) is 1.41. The molecule has 1 aromatic rings.